The number of aryl methyl sites for hydroxylation is 2. The quantitative estimate of drug-likeness (QED) is 0.304. The number of amides is 2. The molecule has 0 aromatic heterocycles. The van der Waals surface area contributed by atoms with Crippen LogP contribution in [-0.4, -0.2) is 50.9 Å². The van der Waals surface area contributed by atoms with E-state index < -0.39 is 28.5 Å². The average Bonchev–Trinajstić information content (AvgIpc) is 2.98. The van der Waals surface area contributed by atoms with Crippen molar-refractivity contribution in [2.75, 3.05) is 18.0 Å². The lowest BCUT2D eigenvalue weighted by Gasteiger charge is -2.33. The lowest BCUT2D eigenvalue weighted by Crippen LogP contribution is -2.52. The Morgan fingerprint density at radius 2 is 1.63 bits per heavy atom. The highest BCUT2D eigenvalue weighted by molar-refractivity contribution is 7.92. The topological polar surface area (TPSA) is 96.0 Å². The summed E-state index contributed by atoms with van der Waals surface area (Å²) in [4.78, 5) is 28.9. The van der Waals surface area contributed by atoms with Gasteiger partial charge < -0.3 is 15.0 Å². The standard InChI is InChI=1S/C32H41N3O5S/c1-7-24(4)33-32(37)25(5)34(21-26-12-11-14-28(20-26)40-6)31(36)22-35(30-15-10-9-13-27(30)8-2)41(38,39)29-18-16-23(3)17-19-29/h9-20,24-25H,7-8,21-22H2,1-6H3,(H,33,37)/t24-,25-/m0/s1. The molecule has 0 aliphatic rings. The first-order chi connectivity index (χ1) is 19.5. The maximum Gasteiger partial charge on any atom is 0.264 e. The molecule has 3 rings (SSSR count). The van der Waals surface area contributed by atoms with E-state index in [4.69, 9.17) is 4.74 Å². The van der Waals surface area contributed by atoms with Gasteiger partial charge >= 0.3 is 0 Å². The van der Waals surface area contributed by atoms with Crippen LogP contribution < -0.4 is 14.4 Å². The van der Waals surface area contributed by atoms with Crippen LogP contribution in [0.3, 0.4) is 0 Å². The van der Waals surface area contributed by atoms with Crippen molar-refractivity contribution >= 4 is 27.5 Å². The largest absolute Gasteiger partial charge is 0.497 e. The van der Waals surface area contributed by atoms with Crippen molar-refractivity contribution in [1.82, 2.24) is 10.2 Å². The summed E-state index contributed by atoms with van der Waals surface area (Å²) in [6.45, 7) is 8.97. The highest BCUT2D eigenvalue weighted by Gasteiger charge is 2.33. The van der Waals surface area contributed by atoms with Gasteiger partial charge in [-0.25, -0.2) is 8.42 Å². The number of para-hydroxylation sites is 1. The molecule has 3 aromatic rings. The van der Waals surface area contributed by atoms with Gasteiger partial charge in [-0.3, -0.25) is 13.9 Å². The number of ether oxygens (including phenoxy) is 1. The van der Waals surface area contributed by atoms with Crippen molar-refractivity contribution in [2.45, 2.75) is 71.0 Å². The molecular formula is C32H41N3O5S. The molecule has 2 amide bonds. The second-order valence-electron chi connectivity index (χ2n) is 10.2. The smallest absolute Gasteiger partial charge is 0.264 e. The van der Waals surface area contributed by atoms with E-state index in [1.807, 2.05) is 52.0 Å². The molecule has 0 saturated heterocycles. The van der Waals surface area contributed by atoms with E-state index in [2.05, 4.69) is 5.32 Å². The highest BCUT2D eigenvalue weighted by atomic mass is 32.2. The van der Waals surface area contributed by atoms with Crippen molar-refractivity contribution in [3.63, 3.8) is 0 Å². The van der Waals surface area contributed by atoms with Gasteiger partial charge in [-0.2, -0.15) is 0 Å². The van der Waals surface area contributed by atoms with Crippen LogP contribution in [-0.2, 0) is 32.6 Å². The number of carbonyl (C=O) groups is 2. The molecule has 0 bridgehead atoms. The number of sulfonamides is 1. The number of methoxy groups -OCH3 is 1. The number of rotatable bonds is 13. The summed E-state index contributed by atoms with van der Waals surface area (Å²) in [5.41, 5.74) is 2.90. The van der Waals surface area contributed by atoms with Gasteiger partial charge in [0.05, 0.1) is 17.7 Å². The van der Waals surface area contributed by atoms with Gasteiger partial charge in [0, 0.05) is 12.6 Å². The summed E-state index contributed by atoms with van der Waals surface area (Å²) in [5.74, 6) is -0.189. The zero-order valence-corrected chi connectivity index (χ0v) is 25.6. The first-order valence-electron chi connectivity index (χ1n) is 13.9. The Balaban J connectivity index is 2.07. The summed E-state index contributed by atoms with van der Waals surface area (Å²) in [6, 6.07) is 20.0. The predicted molar refractivity (Wildman–Crippen MR) is 162 cm³/mol. The number of anilines is 1. The number of benzene rings is 3. The lowest BCUT2D eigenvalue weighted by molar-refractivity contribution is -0.139. The van der Waals surface area contributed by atoms with Gasteiger partial charge in [-0.05, 0) is 75.1 Å². The van der Waals surface area contributed by atoms with E-state index in [0.717, 1.165) is 27.4 Å². The number of nitrogens with zero attached hydrogens (tertiary/aromatic N) is 2. The Morgan fingerprint density at radius 3 is 2.27 bits per heavy atom. The van der Waals surface area contributed by atoms with Crippen LogP contribution in [0.4, 0.5) is 5.69 Å². The predicted octanol–water partition coefficient (Wildman–Crippen LogP) is 5.09. The lowest BCUT2D eigenvalue weighted by atomic mass is 10.1. The van der Waals surface area contributed by atoms with Crippen molar-refractivity contribution in [1.29, 1.82) is 0 Å². The van der Waals surface area contributed by atoms with E-state index in [0.29, 0.717) is 17.9 Å². The molecule has 0 aliphatic heterocycles. The molecular weight excluding hydrogens is 538 g/mol. The number of hydrogen-bond acceptors (Lipinski definition) is 5. The average molecular weight is 580 g/mol. The molecule has 0 radical (unpaired) electrons. The van der Waals surface area contributed by atoms with E-state index in [1.165, 1.54) is 4.90 Å². The van der Waals surface area contributed by atoms with Gasteiger partial charge in [-0.1, -0.05) is 61.9 Å². The van der Waals surface area contributed by atoms with Crippen molar-refractivity contribution in [3.8, 4) is 5.75 Å². The van der Waals surface area contributed by atoms with Gasteiger partial charge in [0.15, 0.2) is 0 Å². The molecule has 220 valence electrons. The molecule has 8 nitrogen and oxygen atoms in total. The first-order valence-corrected chi connectivity index (χ1v) is 15.4. The fraction of sp³-hybridized carbons (Fsp3) is 0.375. The van der Waals surface area contributed by atoms with E-state index in [9.17, 15) is 18.0 Å². The second-order valence-corrected chi connectivity index (χ2v) is 12.0. The molecule has 9 heteroatoms. The molecule has 0 fully saturated rings. The molecule has 0 saturated carbocycles. The molecule has 2 atom stereocenters. The molecule has 0 aliphatic carbocycles. The minimum Gasteiger partial charge on any atom is -0.497 e. The van der Waals surface area contributed by atoms with Gasteiger partial charge in [-0.15, -0.1) is 0 Å². The molecule has 41 heavy (non-hydrogen) atoms. The molecule has 1 N–H and O–H groups in total. The molecule has 0 unspecified atom stereocenters. The minimum atomic E-state index is -4.12. The number of nitrogens with one attached hydrogen (secondary N) is 1. The van der Waals surface area contributed by atoms with E-state index >= 15 is 0 Å². The van der Waals surface area contributed by atoms with Crippen LogP contribution in [0.2, 0.25) is 0 Å². The maximum absolute atomic E-state index is 14.1. The van der Waals surface area contributed by atoms with Crippen LogP contribution in [0.1, 0.15) is 50.8 Å². The monoisotopic (exact) mass is 579 g/mol. The van der Waals surface area contributed by atoms with Crippen LogP contribution >= 0.6 is 0 Å². The second kappa shape index (κ2) is 14.2. The SMILES string of the molecule is CCc1ccccc1N(CC(=O)N(Cc1cccc(OC)c1)[C@@H](C)C(=O)N[C@@H](C)CC)S(=O)(=O)c1ccc(C)cc1. The molecule has 0 spiro atoms. The summed E-state index contributed by atoms with van der Waals surface area (Å²) >= 11 is 0. The Morgan fingerprint density at radius 1 is 0.951 bits per heavy atom. The summed E-state index contributed by atoms with van der Waals surface area (Å²) < 4.78 is 34.6. The van der Waals surface area contributed by atoms with Gasteiger partial charge in [0.25, 0.3) is 10.0 Å². The van der Waals surface area contributed by atoms with Crippen molar-refractivity contribution < 1.29 is 22.7 Å². The highest BCUT2D eigenvalue weighted by Crippen LogP contribution is 2.28. The third-order valence-corrected chi connectivity index (χ3v) is 8.96. The normalized spacial score (nSPS) is 12.7. The summed E-state index contributed by atoms with van der Waals surface area (Å²) in [5, 5.41) is 2.95. The number of carbonyl (C=O) groups excluding carboxylic acids is 2. The number of hydrogen-bond donors (Lipinski definition) is 1. The summed E-state index contributed by atoms with van der Waals surface area (Å²) in [6.07, 6.45) is 1.31. The van der Waals surface area contributed by atoms with Gasteiger partial charge in [0.1, 0.15) is 18.3 Å². The van der Waals surface area contributed by atoms with Crippen molar-refractivity contribution in [3.05, 3.63) is 89.5 Å². The van der Waals surface area contributed by atoms with Crippen LogP contribution in [0.15, 0.2) is 77.7 Å². The third-order valence-electron chi connectivity index (χ3n) is 7.18. The van der Waals surface area contributed by atoms with E-state index in [-0.39, 0.29) is 23.4 Å². The summed E-state index contributed by atoms with van der Waals surface area (Å²) in [7, 11) is -2.56. The third kappa shape index (κ3) is 7.88. The zero-order chi connectivity index (χ0) is 30.2. The Bertz CT molecular complexity index is 1440. The fourth-order valence-corrected chi connectivity index (χ4v) is 5.87. The minimum absolute atomic E-state index is 0.0754. The Kier molecular flexibility index (Phi) is 10.9. The fourth-order valence-electron chi connectivity index (χ4n) is 4.42. The van der Waals surface area contributed by atoms with Crippen LogP contribution in [0, 0.1) is 6.92 Å². The Labute approximate surface area is 244 Å². The first kappa shape index (κ1) is 31.7. The zero-order valence-electron chi connectivity index (χ0n) is 24.8. The maximum atomic E-state index is 14.1. The van der Waals surface area contributed by atoms with E-state index in [1.54, 1.807) is 62.6 Å². The van der Waals surface area contributed by atoms with Gasteiger partial charge in [0.2, 0.25) is 11.8 Å². The Hall–Kier alpha value is -3.85. The van der Waals surface area contributed by atoms with Crippen molar-refractivity contribution in [2.24, 2.45) is 0 Å². The molecule has 3 aromatic carbocycles. The molecule has 0 heterocycles. The van der Waals surface area contributed by atoms with Crippen LogP contribution in [0.25, 0.3) is 0 Å². The van der Waals surface area contributed by atoms with Crippen LogP contribution in [0.5, 0.6) is 5.75 Å².